The number of hydrogen-bond donors (Lipinski definition) is 2. The first kappa shape index (κ1) is 15.8. The van der Waals surface area contributed by atoms with Gasteiger partial charge in [0.05, 0.1) is 0 Å². The third-order valence-corrected chi connectivity index (χ3v) is 3.12. The molecule has 0 atom stereocenters. The number of carbonyl (C=O) groups excluding carboxylic acids is 1. The number of nitrogens with two attached hydrogens (primary N) is 1. The second-order valence-electron chi connectivity index (χ2n) is 6.07. The van der Waals surface area contributed by atoms with Crippen molar-refractivity contribution in [3.63, 3.8) is 0 Å². The van der Waals surface area contributed by atoms with E-state index >= 15 is 0 Å². The molecule has 6 nitrogen and oxygen atoms in total. The van der Waals surface area contributed by atoms with Crippen molar-refractivity contribution in [1.29, 1.82) is 0 Å². The van der Waals surface area contributed by atoms with E-state index in [1.54, 1.807) is 20.8 Å². The molecule has 1 fully saturated rings. The van der Waals surface area contributed by atoms with Crippen LogP contribution >= 0.6 is 0 Å². The number of carbonyl (C=O) groups is 2. The van der Waals surface area contributed by atoms with Crippen molar-refractivity contribution in [1.82, 2.24) is 4.90 Å². The summed E-state index contributed by atoms with van der Waals surface area (Å²) >= 11 is 0. The highest BCUT2D eigenvalue weighted by Gasteiger charge is 2.32. The van der Waals surface area contributed by atoms with Crippen molar-refractivity contribution in [2.45, 2.75) is 64.1 Å². The molecule has 3 N–H and O–H groups in total. The summed E-state index contributed by atoms with van der Waals surface area (Å²) in [6, 6.07) is 0.0623. The van der Waals surface area contributed by atoms with Gasteiger partial charge in [-0.05, 0) is 46.5 Å². The van der Waals surface area contributed by atoms with Crippen LogP contribution in [0.1, 0.15) is 46.5 Å². The van der Waals surface area contributed by atoms with Crippen LogP contribution < -0.4 is 5.73 Å². The Morgan fingerprint density at radius 2 is 1.79 bits per heavy atom. The molecule has 110 valence electrons. The number of amides is 1. The summed E-state index contributed by atoms with van der Waals surface area (Å²) in [4.78, 5) is 24.3. The Morgan fingerprint density at radius 1 is 1.26 bits per heavy atom. The van der Waals surface area contributed by atoms with Gasteiger partial charge in [-0.2, -0.15) is 0 Å². The van der Waals surface area contributed by atoms with Gasteiger partial charge in [-0.3, -0.25) is 9.69 Å². The number of hydrogen-bond acceptors (Lipinski definition) is 4. The van der Waals surface area contributed by atoms with Crippen LogP contribution in [0.15, 0.2) is 0 Å². The summed E-state index contributed by atoms with van der Waals surface area (Å²) in [5, 5.41) is 8.94. The predicted molar refractivity (Wildman–Crippen MR) is 70.8 cm³/mol. The lowest BCUT2D eigenvalue weighted by molar-refractivity contribution is -0.139. The molecule has 1 rings (SSSR count). The number of nitrogens with zero attached hydrogens (tertiary/aromatic N) is 1. The highest BCUT2D eigenvalue weighted by molar-refractivity contribution is 5.77. The molecule has 1 aliphatic carbocycles. The maximum absolute atomic E-state index is 12.1. The summed E-state index contributed by atoms with van der Waals surface area (Å²) in [5.74, 6) is -1.03. The average Bonchev–Trinajstić information content (AvgIpc) is 2.24. The molecular formula is C13H24N2O4. The maximum atomic E-state index is 12.1. The van der Waals surface area contributed by atoms with E-state index in [0.717, 1.165) is 25.7 Å². The van der Waals surface area contributed by atoms with Crippen LogP contribution in [0.4, 0.5) is 4.79 Å². The zero-order valence-electron chi connectivity index (χ0n) is 11.9. The second kappa shape index (κ2) is 6.23. The molecule has 0 unspecified atom stereocenters. The molecule has 0 spiro atoms. The van der Waals surface area contributed by atoms with Gasteiger partial charge in [-0.1, -0.05) is 0 Å². The van der Waals surface area contributed by atoms with Crippen LogP contribution in [0.2, 0.25) is 0 Å². The first-order chi connectivity index (χ1) is 8.69. The summed E-state index contributed by atoms with van der Waals surface area (Å²) in [7, 11) is 0. The molecule has 0 saturated heterocycles. The Kier molecular flexibility index (Phi) is 5.17. The molecule has 1 amide bonds. The fourth-order valence-electron chi connectivity index (χ4n) is 2.22. The van der Waals surface area contributed by atoms with E-state index in [9.17, 15) is 9.59 Å². The van der Waals surface area contributed by atoms with Gasteiger partial charge in [-0.25, -0.2) is 4.79 Å². The number of aliphatic carboxylic acids is 1. The van der Waals surface area contributed by atoms with Crippen LogP contribution in [0.5, 0.6) is 0 Å². The van der Waals surface area contributed by atoms with Crippen LogP contribution in [-0.4, -0.2) is 46.3 Å². The number of carboxylic acid groups (broad SMARTS) is 1. The molecule has 0 aromatic heterocycles. The molecule has 1 aliphatic rings. The van der Waals surface area contributed by atoms with Crippen molar-refractivity contribution in [2.24, 2.45) is 5.73 Å². The summed E-state index contributed by atoms with van der Waals surface area (Å²) in [5.41, 5.74) is 5.20. The SMILES string of the molecule is CC(C)(C)OC(=O)N(CC(=O)O)[C@H]1CC[C@H](N)CC1. The molecule has 0 aromatic rings. The van der Waals surface area contributed by atoms with E-state index in [-0.39, 0.29) is 18.6 Å². The van der Waals surface area contributed by atoms with Crippen LogP contribution in [0.25, 0.3) is 0 Å². The fourth-order valence-corrected chi connectivity index (χ4v) is 2.22. The molecule has 1 saturated carbocycles. The lowest BCUT2D eigenvalue weighted by Gasteiger charge is -2.36. The van der Waals surface area contributed by atoms with Gasteiger partial charge in [0.1, 0.15) is 12.1 Å². The molecule has 0 aliphatic heterocycles. The van der Waals surface area contributed by atoms with Crippen LogP contribution in [0, 0.1) is 0 Å². The van der Waals surface area contributed by atoms with Gasteiger partial charge in [-0.15, -0.1) is 0 Å². The Bertz CT molecular complexity index is 330. The van der Waals surface area contributed by atoms with E-state index in [1.165, 1.54) is 4.90 Å². The van der Waals surface area contributed by atoms with Crippen molar-refractivity contribution >= 4 is 12.1 Å². The van der Waals surface area contributed by atoms with E-state index < -0.39 is 17.7 Å². The number of rotatable bonds is 3. The van der Waals surface area contributed by atoms with Gasteiger partial charge >= 0.3 is 12.1 Å². The summed E-state index contributed by atoms with van der Waals surface area (Å²) < 4.78 is 5.27. The molecular weight excluding hydrogens is 248 g/mol. The Morgan fingerprint density at radius 3 is 2.21 bits per heavy atom. The monoisotopic (exact) mass is 272 g/mol. The number of ether oxygens (including phenoxy) is 1. The molecule has 0 bridgehead atoms. The van der Waals surface area contributed by atoms with Crippen molar-refractivity contribution in [3.05, 3.63) is 0 Å². The highest BCUT2D eigenvalue weighted by atomic mass is 16.6. The Labute approximate surface area is 113 Å². The van der Waals surface area contributed by atoms with Gasteiger partial charge in [0.15, 0.2) is 0 Å². The van der Waals surface area contributed by atoms with Crippen molar-refractivity contribution < 1.29 is 19.4 Å². The minimum atomic E-state index is -1.03. The highest BCUT2D eigenvalue weighted by Crippen LogP contribution is 2.23. The number of carboxylic acids is 1. The minimum Gasteiger partial charge on any atom is -0.480 e. The van der Waals surface area contributed by atoms with Crippen molar-refractivity contribution in [2.75, 3.05) is 6.54 Å². The Hall–Kier alpha value is -1.30. The molecule has 0 heterocycles. The first-order valence-electron chi connectivity index (χ1n) is 6.66. The van der Waals surface area contributed by atoms with Crippen LogP contribution in [-0.2, 0) is 9.53 Å². The third-order valence-electron chi connectivity index (χ3n) is 3.12. The standard InChI is InChI=1S/C13H24N2O4/c1-13(2,3)19-12(18)15(8-11(16)17)10-6-4-9(14)5-7-10/h9-10H,4-8,14H2,1-3H3,(H,16,17)/t9-,10-. The smallest absolute Gasteiger partial charge is 0.411 e. The fraction of sp³-hybridized carbons (Fsp3) is 0.846. The lowest BCUT2D eigenvalue weighted by Crippen LogP contribution is -2.48. The molecule has 0 aromatic carbocycles. The van der Waals surface area contributed by atoms with Gasteiger partial charge in [0.25, 0.3) is 0 Å². The predicted octanol–water partition coefficient (Wildman–Crippen LogP) is 1.58. The average molecular weight is 272 g/mol. The molecule has 6 heteroatoms. The normalized spacial score (nSPS) is 23.8. The molecule has 19 heavy (non-hydrogen) atoms. The topological polar surface area (TPSA) is 92.9 Å². The zero-order chi connectivity index (χ0) is 14.6. The van der Waals surface area contributed by atoms with Gasteiger partial charge in [0, 0.05) is 12.1 Å². The van der Waals surface area contributed by atoms with Crippen molar-refractivity contribution in [3.8, 4) is 0 Å². The molecule has 0 radical (unpaired) electrons. The quantitative estimate of drug-likeness (QED) is 0.813. The van der Waals surface area contributed by atoms with Gasteiger partial charge < -0.3 is 15.6 Å². The minimum absolute atomic E-state index is 0.0919. The van der Waals surface area contributed by atoms with E-state index in [0.29, 0.717) is 0 Å². The first-order valence-corrected chi connectivity index (χ1v) is 6.66. The van der Waals surface area contributed by atoms with E-state index in [2.05, 4.69) is 0 Å². The zero-order valence-corrected chi connectivity index (χ0v) is 11.9. The maximum Gasteiger partial charge on any atom is 0.411 e. The second-order valence-corrected chi connectivity index (χ2v) is 6.07. The summed E-state index contributed by atoms with van der Waals surface area (Å²) in [6.07, 6.45) is 2.52. The van der Waals surface area contributed by atoms with E-state index in [1.807, 2.05) is 0 Å². The Balaban J connectivity index is 2.71. The summed E-state index contributed by atoms with van der Waals surface area (Å²) in [6.45, 7) is 4.97. The third kappa shape index (κ3) is 5.46. The van der Waals surface area contributed by atoms with E-state index in [4.69, 9.17) is 15.6 Å². The van der Waals surface area contributed by atoms with Gasteiger partial charge in [0.2, 0.25) is 0 Å². The van der Waals surface area contributed by atoms with Crippen LogP contribution in [0.3, 0.4) is 0 Å². The largest absolute Gasteiger partial charge is 0.480 e. The lowest BCUT2D eigenvalue weighted by atomic mass is 9.91.